The van der Waals surface area contributed by atoms with Crippen LogP contribution in [0.5, 0.6) is 0 Å². The molecule has 0 saturated heterocycles. The van der Waals surface area contributed by atoms with E-state index in [0.29, 0.717) is 12.7 Å². The van der Waals surface area contributed by atoms with Gasteiger partial charge in [0.05, 0.1) is 12.2 Å². The van der Waals surface area contributed by atoms with Crippen LogP contribution >= 0.6 is 0 Å². The fourth-order valence-corrected chi connectivity index (χ4v) is 1.13. The third-order valence-electron chi connectivity index (χ3n) is 2.24. The van der Waals surface area contributed by atoms with Crippen LogP contribution in [-0.4, -0.2) is 39.9 Å². The van der Waals surface area contributed by atoms with Crippen LogP contribution in [0.1, 0.15) is 19.8 Å². The van der Waals surface area contributed by atoms with Gasteiger partial charge in [-0.25, -0.2) is 0 Å². The number of rotatable bonds is 7. The van der Waals surface area contributed by atoms with Gasteiger partial charge in [0.2, 0.25) is 0 Å². The SMILES string of the molecule is C=CC[C@@H](O)C[C@H](O)[C@H](C)[C@H](O)C=O. The summed E-state index contributed by atoms with van der Waals surface area (Å²) in [6.07, 6.45) is -0.278. The molecule has 0 unspecified atom stereocenters. The van der Waals surface area contributed by atoms with Gasteiger partial charge in [-0.3, -0.25) is 0 Å². The van der Waals surface area contributed by atoms with Crippen molar-refractivity contribution < 1.29 is 20.1 Å². The summed E-state index contributed by atoms with van der Waals surface area (Å²) in [6.45, 7) is 5.02. The van der Waals surface area contributed by atoms with Crippen molar-refractivity contribution in [3.63, 3.8) is 0 Å². The zero-order chi connectivity index (χ0) is 11.1. The molecule has 0 saturated carbocycles. The van der Waals surface area contributed by atoms with Crippen LogP contribution in [0.2, 0.25) is 0 Å². The van der Waals surface area contributed by atoms with Crippen molar-refractivity contribution in [2.45, 2.75) is 38.1 Å². The van der Waals surface area contributed by atoms with E-state index in [1.165, 1.54) is 0 Å². The Balaban J connectivity index is 3.99. The van der Waals surface area contributed by atoms with Gasteiger partial charge < -0.3 is 20.1 Å². The van der Waals surface area contributed by atoms with Crippen molar-refractivity contribution in [1.29, 1.82) is 0 Å². The minimum atomic E-state index is -1.18. The maximum atomic E-state index is 10.2. The van der Waals surface area contributed by atoms with Gasteiger partial charge in [-0.05, 0) is 12.8 Å². The topological polar surface area (TPSA) is 77.8 Å². The smallest absolute Gasteiger partial charge is 0.148 e. The monoisotopic (exact) mass is 202 g/mol. The highest BCUT2D eigenvalue weighted by atomic mass is 16.3. The number of hydrogen-bond donors (Lipinski definition) is 3. The number of hydrogen-bond acceptors (Lipinski definition) is 4. The Bertz CT molecular complexity index is 181. The summed E-state index contributed by atoms with van der Waals surface area (Å²) >= 11 is 0. The number of carbonyl (C=O) groups excluding carboxylic acids is 1. The van der Waals surface area contributed by atoms with Crippen molar-refractivity contribution in [2.75, 3.05) is 0 Å². The molecule has 0 amide bonds. The van der Waals surface area contributed by atoms with Gasteiger partial charge in [0.15, 0.2) is 0 Å². The van der Waals surface area contributed by atoms with Crippen molar-refractivity contribution in [2.24, 2.45) is 5.92 Å². The quantitative estimate of drug-likeness (QED) is 0.397. The van der Waals surface area contributed by atoms with E-state index in [2.05, 4.69) is 6.58 Å². The lowest BCUT2D eigenvalue weighted by Gasteiger charge is -2.22. The fourth-order valence-electron chi connectivity index (χ4n) is 1.13. The van der Waals surface area contributed by atoms with Gasteiger partial charge in [-0.15, -0.1) is 6.58 Å². The average Bonchev–Trinajstić information content (AvgIpc) is 2.15. The molecule has 4 nitrogen and oxygen atoms in total. The van der Waals surface area contributed by atoms with E-state index in [9.17, 15) is 15.0 Å². The standard InChI is InChI=1S/C10H18O4/c1-3-4-8(12)5-9(13)7(2)10(14)6-11/h3,6-10,12-14H,1,4-5H2,2H3/t7-,8+,9-,10+/m0/s1. The van der Waals surface area contributed by atoms with Crippen LogP contribution < -0.4 is 0 Å². The minimum absolute atomic E-state index is 0.137. The van der Waals surface area contributed by atoms with Crippen LogP contribution in [0, 0.1) is 5.92 Å². The molecule has 82 valence electrons. The molecule has 0 fully saturated rings. The minimum Gasteiger partial charge on any atom is -0.393 e. The number of aliphatic hydroxyl groups excluding tert-OH is 3. The van der Waals surface area contributed by atoms with Gasteiger partial charge >= 0.3 is 0 Å². The Hall–Kier alpha value is -0.710. The molecule has 0 aliphatic carbocycles. The maximum absolute atomic E-state index is 10.2. The second kappa shape index (κ2) is 6.70. The summed E-state index contributed by atoms with van der Waals surface area (Å²) in [4.78, 5) is 10.2. The van der Waals surface area contributed by atoms with E-state index in [-0.39, 0.29) is 6.42 Å². The molecule has 0 heterocycles. The van der Waals surface area contributed by atoms with Crippen LogP contribution in [0.3, 0.4) is 0 Å². The van der Waals surface area contributed by atoms with Gasteiger partial charge in [-0.1, -0.05) is 13.0 Å². The molecule has 0 aliphatic heterocycles. The Kier molecular flexibility index (Phi) is 6.36. The molecule has 0 radical (unpaired) electrons. The molecule has 0 bridgehead atoms. The molecule has 0 spiro atoms. The second-order valence-electron chi connectivity index (χ2n) is 3.47. The van der Waals surface area contributed by atoms with E-state index >= 15 is 0 Å². The lowest BCUT2D eigenvalue weighted by molar-refractivity contribution is -0.120. The van der Waals surface area contributed by atoms with Gasteiger partial charge in [0, 0.05) is 5.92 Å². The normalized spacial score (nSPS) is 19.4. The predicted molar refractivity (Wildman–Crippen MR) is 52.7 cm³/mol. The lowest BCUT2D eigenvalue weighted by atomic mass is 9.94. The first kappa shape index (κ1) is 13.3. The molecule has 0 aliphatic rings. The van der Waals surface area contributed by atoms with Crippen LogP contribution in [0.25, 0.3) is 0 Å². The Labute approximate surface area is 83.9 Å². The molecule has 0 rings (SSSR count). The maximum Gasteiger partial charge on any atom is 0.148 e. The van der Waals surface area contributed by atoms with E-state index in [1.807, 2.05) is 0 Å². The van der Waals surface area contributed by atoms with Gasteiger partial charge in [0.1, 0.15) is 12.4 Å². The highest BCUT2D eigenvalue weighted by Gasteiger charge is 2.23. The molecule has 0 aromatic carbocycles. The third kappa shape index (κ3) is 4.50. The van der Waals surface area contributed by atoms with Crippen molar-refractivity contribution in [3.05, 3.63) is 12.7 Å². The van der Waals surface area contributed by atoms with E-state index in [4.69, 9.17) is 5.11 Å². The van der Waals surface area contributed by atoms with Crippen LogP contribution in [0.15, 0.2) is 12.7 Å². The Morgan fingerprint density at radius 2 is 1.93 bits per heavy atom. The Morgan fingerprint density at radius 3 is 2.36 bits per heavy atom. The lowest BCUT2D eigenvalue weighted by Crippen LogP contribution is -2.33. The first-order valence-electron chi connectivity index (χ1n) is 4.63. The number of aldehydes is 1. The fraction of sp³-hybridized carbons (Fsp3) is 0.700. The van der Waals surface area contributed by atoms with Crippen molar-refractivity contribution in [3.8, 4) is 0 Å². The average molecular weight is 202 g/mol. The molecule has 0 aromatic heterocycles. The second-order valence-corrected chi connectivity index (χ2v) is 3.47. The largest absolute Gasteiger partial charge is 0.393 e. The summed E-state index contributed by atoms with van der Waals surface area (Å²) < 4.78 is 0. The highest BCUT2D eigenvalue weighted by Crippen LogP contribution is 2.14. The van der Waals surface area contributed by atoms with Gasteiger partial charge in [0.25, 0.3) is 0 Å². The first-order chi connectivity index (χ1) is 6.52. The molecule has 14 heavy (non-hydrogen) atoms. The third-order valence-corrected chi connectivity index (χ3v) is 2.24. The zero-order valence-corrected chi connectivity index (χ0v) is 8.34. The highest BCUT2D eigenvalue weighted by molar-refractivity contribution is 5.56. The van der Waals surface area contributed by atoms with E-state index < -0.39 is 24.2 Å². The summed E-state index contributed by atoms with van der Waals surface area (Å²) in [6, 6.07) is 0. The molecule has 4 atom stereocenters. The number of aliphatic hydroxyl groups is 3. The van der Waals surface area contributed by atoms with Crippen LogP contribution in [0.4, 0.5) is 0 Å². The summed E-state index contributed by atoms with van der Waals surface area (Å²) in [5.41, 5.74) is 0. The molecule has 4 heteroatoms. The summed E-state index contributed by atoms with van der Waals surface area (Å²) in [7, 11) is 0. The zero-order valence-electron chi connectivity index (χ0n) is 8.34. The van der Waals surface area contributed by atoms with Crippen molar-refractivity contribution in [1.82, 2.24) is 0 Å². The van der Waals surface area contributed by atoms with E-state index in [0.717, 1.165) is 0 Å². The number of carbonyl (C=O) groups is 1. The van der Waals surface area contributed by atoms with Gasteiger partial charge in [-0.2, -0.15) is 0 Å². The molecular weight excluding hydrogens is 184 g/mol. The van der Waals surface area contributed by atoms with Crippen LogP contribution in [-0.2, 0) is 4.79 Å². The molecule has 3 N–H and O–H groups in total. The first-order valence-corrected chi connectivity index (χ1v) is 4.63. The summed E-state index contributed by atoms with van der Waals surface area (Å²) in [5.74, 6) is -0.563. The van der Waals surface area contributed by atoms with Crippen molar-refractivity contribution >= 4 is 6.29 Å². The summed E-state index contributed by atoms with van der Waals surface area (Å²) in [5, 5.41) is 27.9. The molecule has 0 aromatic rings. The Morgan fingerprint density at radius 1 is 1.36 bits per heavy atom. The molecular formula is C10H18O4. The predicted octanol–water partition coefficient (Wildman–Crippen LogP) is -0.130. The van der Waals surface area contributed by atoms with E-state index in [1.54, 1.807) is 13.0 Å².